The number of pyridine rings is 1. The topological polar surface area (TPSA) is 42.4 Å². The summed E-state index contributed by atoms with van der Waals surface area (Å²) in [4.78, 5) is 18.8. The maximum atomic E-state index is 12.9. The summed E-state index contributed by atoms with van der Waals surface area (Å²) in [7, 11) is 1.61. The Morgan fingerprint density at radius 1 is 1.04 bits per heavy atom. The van der Waals surface area contributed by atoms with Crippen molar-refractivity contribution in [3.8, 4) is 16.9 Å². The second-order valence-electron chi connectivity index (χ2n) is 6.02. The number of fused-ring (bicyclic) bond motifs is 1. The van der Waals surface area contributed by atoms with Crippen molar-refractivity contribution in [2.75, 3.05) is 18.6 Å². The molecule has 0 saturated carbocycles. The first kappa shape index (κ1) is 15.4. The molecular formula is C21H18N2O2. The highest BCUT2D eigenvalue weighted by atomic mass is 16.5. The zero-order chi connectivity index (χ0) is 17.2. The molecule has 0 unspecified atom stereocenters. The molecule has 0 aliphatic carbocycles. The minimum Gasteiger partial charge on any atom is -0.497 e. The third kappa shape index (κ3) is 2.87. The molecule has 1 aliphatic heterocycles. The van der Waals surface area contributed by atoms with Crippen molar-refractivity contribution < 1.29 is 9.53 Å². The molecule has 2 aromatic carbocycles. The van der Waals surface area contributed by atoms with Gasteiger partial charge in [-0.25, -0.2) is 0 Å². The predicted octanol–water partition coefficient (Wildman–Crippen LogP) is 3.96. The fourth-order valence-corrected chi connectivity index (χ4v) is 3.25. The lowest BCUT2D eigenvalue weighted by Gasteiger charge is -2.18. The van der Waals surface area contributed by atoms with Crippen LogP contribution in [0.2, 0.25) is 0 Å². The van der Waals surface area contributed by atoms with E-state index in [1.54, 1.807) is 25.6 Å². The first-order valence-electron chi connectivity index (χ1n) is 8.25. The molecule has 4 heteroatoms. The smallest absolute Gasteiger partial charge is 0.258 e. The normalized spacial score (nSPS) is 12.8. The standard InChI is InChI=1S/C21H18N2O2/c1-25-19-4-2-3-18(14-19)21(24)23-12-9-17-13-16(5-6-20(17)23)15-7-10-22-11-8-15/h2-8,10-11,13-14H,9,12H2,1H3. The Labute approximate surface area is 146 Å². The number of hydrogen-bond acceptors (Lipinski definition) is 3. The zero-order valence-corrected chi connectivity index (χ0v) is 14.0. The first-order valence-corrected chi connectivity index (χ1v) is 8.25. The van der Waals surface area contributed by atoms with Crippen LogP contribution in [0.4, 0.5) is 5.69 Å². The quantitative estimate of drug-likeness (QED) is 0.730. The number of benzene rings is 2. The summed E-state index contributed by atoms with van der Waals surface area (Å²) < 4.78 is 5.23. The highest BCUT2D eigenvalue weighted by Crippen LogP contribution is 2.33. The number of carbonyl (C=O) groups excluding carboxylic acids is 1. The van der Waals surface area contributed by atoms with Gasteiger partial charge in [-0.1, -0.05) is 12.1 Å². The predicted molar refractivity (Wildman–Crippen MR) is 98.0 cm³/mol. The van der Waals surface area contributed by atoms with Crippen LogP contribution in [0.1, 0.15) is 15.9 Å². The van der Waals surface area contributed by atoms with Crippen LogP contribution in [0.15, 0.2) is 67.0 Å². The minimum absolute atomic E-state index is 0.00862. The van der Waals surface area contributed by atoms with Crippen LogP contribution in [0.3, 0.4) is 0 Å². The summed E-state index contributed by atoms with van der Waals surface area (Å²) >= 11 is 0. The number of hydrogen-bond donors (Lipinski definition) is 0. The van der Waals surface area contributed by atoms with Gasteiger partial charge in [0.1, 0.15) is 5.75 Å². The molecule has 0 radical (unpaired) electrons. The monoisotopic (exact) mass is 330 g/mol. The lowest BCUT2D eigenvalue weighted by atomic mass is 10.0. The number of carbonyl (C=O) groups is 1. The van der Waals surface area contributed by atoms with Crippen LogP contribution in [-0.4, -0.2) is 24.5 Å². The van der Waals surface area contributed by atoms with Crippen molar-refractivity contribution in [3.05, 3.63) is 78.1 Å². The minimum atomic E-state index is 0.00862. The number of methoxy groups -OCH3 is 1. The van der Waals surface area contributed by atoms with Crippen molar-refractivity contribution in [1.29, 1.82) is 0 Å². The van der Waals surface area contributed by atoms with Gasteiger partial charge in [-0.15, -0.1) is 0 Å². The van der Waals surface area contributed by atoms with Gasteiger partial charge >= 0.3 is 0 Å². The number of anilines is 1. The van der Waals surface area contributed by atoms with Gasteiger partial charge in [-0.05, 0) is 65.6 Å². The van der Waals surface area contributed by atoms with Crippen LogP contribution in [-0.2, 0) is 6.42 Å². The summed E-state index contributed by atoms with van der Waals surface area (Å²) in [5, 5.41) is 0. The number of nitrogens with zero attached hydrogens (tertiary/aromatic N) is 2. The molecule has 1 amide bonds. The fraction of sp³-hybridized carbons (Fsp3) is 0.143. The number of rotatable bonds is 3. The molecule has 4 rings (SSSR count). The summed E-state index contributed by atoms with van der Waals surface area (Å²) in [6, 6.07) is 17.6. The Hall–Kier alpha value is -3.14. The van der Waals surface area contributed by atoms with Gasteiger partial charge in [0.2, 0.25) is 0 Å². The van der Waals surface area contributed by atoms with Gasteiger partial charge in [0.05, 0.1) is 7.11 Å². The van der Waals surface area contributed by atoms with Crippen LogP contribution < -0.4 is 9.64 Å². The Bertz CT molecular complexity index is 922. The highest BCUT2D eigenvalue weighted by molar-refractivity contribution is 6.07. The molecule has 3 aromatic rings. The highest BCUT2D eigenvalue weighted by Gasteiger charge is 2.26. The Balaban J connectivity index is 1.64. The van der Waals surface area contributed by atoms with Gasteiger partial charge in [-0.3, -0.25) is 9.78 Å². The van der Waals surface area contributed by atoms with Crippen LogP contribution in [0.5, 0.6) is 5.75 Å². The van der Waals surface area contributed by atoms with Crippen molar-refractivity contribution in [1.82, 2.24) is 4.98 Å². The van der Waals surface area contributed by atoms with E-state index in [1.165, 1.54) is 5.56 Å². The summed E-state index contributed by atoms with van der Waals surface area (Å²) in [6.45, 7) is 0.700. The van der Waals surface area contributed by atoms with E-state index in [0.29, 0.717) is 17.9 Å². The largest absolute Gasteiger partial charge is 0.497 e. The van der Waals surface area contributed by atoms with Gasteiger partial charge in [0.25, 0.3) is 5.91 Å². The molecule has 25 heavy (non-hydrogen) atoms. The molecule has 2 heterocycles. The fourth-order valence-electron chi connectivity index (χ4n) is 3.25. The molecule has 0 saturated heterocycles. The van der Waals surface area contributed by atoms with E-state index >= 15 is 0 Å². The molecule has 1 aliphatic rings. The Morgan fingerprint density at radius 2 is 1.88 bits per heavy atom. The van der Waals surface area contributed by atoms with Crippen molar-refractivity contribution in [3.63, 3.8) is 0 Å². The molecule has 0 spiro atoms. The summed E-state index contributed by atoms with van der Waals surface area (Å²) in [6.07, 6.45) is 4.45. The Morgan fingerprint density at radius 3 is 2.68 bits per heavy atom. The van der Waals surface area contributed by atoms with Gasteiger partial charge < -0.3 is 9.64 Å². The molecule has 4 nitrogen and oxygen atoms in total. The molecule has 0 N–H and O–H groups in total. The number of ether oxygens (including phenoxy) is 1. The molecule has 0 atom stereocenters. The van der Waals surface area contributed by atoms with E-state index in [-0.39, 0.29) is 5.91 Å². The summed E-state index contributed by atoms with van der Waals surface area (Å²) in [5.41, 5.74) is 5.12. The van der Waals surface area contributed by atoms with Crippen molar-refractivity contribution >= 4 is 11.6 Å². The van der Waals surface area contributed by atoms with Gasteiger partial charge in [-0.2, -0.15) is 0 Å². The van der Waals surface area contributed by atoms with Crippen LogP contribution in [0, 0.1) is 0 Å². The van der Waals surface area contributed by atoms with Gasteiger partial charge in [0, 0.05) is 30.2 Å². The molecule has 0 bridgehead atoms. The molecule has 0 fully saturated rings. The second kappa shape index (κ2) is 6.40. The van der Waals surface area contributed by atoms with E-state index in [9.17, 15) is 4.79 Å². The molecule has 1 aromatic heterocycles. The molecular weight excluding hydrogens is 312 g/mol. The van der Waals surface area contributed by atoms with Crippen molar-refractivity contribution in [2.24, 2.45) is 0 Å². The maximum absolute atomic E-state index is 12.9. The average molecular weight is 330 g/mol. The lowest BCUT2D eigenvalue weighted by molar-refractivity contribution is 0.0989. The van der Waals surface area contributed by atoms with Crippen molar-refractivity contribution in [2.45, 2.75) is 6.42 Å². The Kier molecular flexibility index (Phi) is 3.94. The third-order valence-electron chi connectivity index (χ3n) is 4.55. The van der Waals surface area contributed by atoms with E-state index < -0.39 is 0 Å². The van der Waals surface area contributed by atoms with E-state index in [0.717, 1.165) is 23.2 Å². The van der Waals surface area contributed by atoms with Crippen LogP contribution in [0.25, 0.3) is 11.1 Å². The maximum Gasteiger partial charge on any atom is 0.258 e. The van der Waals surface area contributed by atoms with Gasteiger partial charge in [0.15, 0.2) is 0 Å². The SMILES string of the molecule is COc1cccc(C(=O)N2CCc3cc(-c4ccncc4)ccc32)c1. The lowest BCUT2D eigenvalue weighted by Crippen LogP contribution is -2.28. The number of aromatic nitrogens is 1. The average Bonchev–Trinajstić information content (AvgIpc) is 3.11. The molecule has 124 valence electrons. The third-order valence-corrected chi connectivity index (χ3v) is 4.55. The number of amides is 1. The van der Waals surface area contributed by atoms with Crippen LogP contribution >= 0.6 is 0 Å². The van der Waals surface area contributed by atoms with E-state index in [1.807, 2.05) is 41.3 Å². The van der Waals surface area contributed by atoms with E-state index in [4.69, 9.17) is 4.74 Å². The van der Waals surface area contributed by atoms with E-state index in [2.05, 4.69) is 17.1 Å². The second-order valence-corrected chi connectivity index (χ2v) is 6.02. The summed E-state index contributed by atoms with van der Waals surface area (Å²) in [5.74, 6) is 0.701. The first-order chi connectivity index (χ1) is 12.3. The zero-order valence-electron chi connectivity index (χ0n) is 14.0.